The van der Waals surface area contributed by atoms with Gasteiger partial charge in [-0.25, -0.2) is 0 Å². The average Bonchev–Trinajstić information content (AvgIpc) is 2.70. The summed E-state index contributed by atoms with van der Waals surface area (Å²) in [6, 6.07) is 20.8. The average molecular weight is 359 g/mol. The van der Waals surface area contributed by atoms with Crippen molar-refractivity contribution in [1.29, 1.82) is 0 Å². The van der Waals surface area contributed by atoms with Gasteiger partial charge in [0, 0.05) is 26.2 Å². The van der Waals surface area contributed by atoms with E-state index in [9.17, 15) is 0 Å². The summed E-state index contributed by atoms with van der Waals surface area (Å²) in [5.74, 6) is 0. The van der Waals surface area contributed by atoms with Crippen LogP contribution in [0.2, 0.25) is 0 Å². The van der Waals surface area contributed by atoms with Gasteiger partial charge in [0.25, 0.3) is 0 Å². The Balaban J connectivity index is 0.000000250. The quantitative estimate of drug-likeness (QED) is 0.489. The Labute approximate surface area is 155 Å². The van der Waals surface area contributed by atoms with Crippen LogP contribution in [0.1, 0.15) is 27.7 Å². The van der Waals surface area contributed by atoms with Gasteiger partial charge >= 0.3 is 10.0 Å². The van der Waals surface area contributed by atoms with E-state index in [0.29, 0.717) is 0 Å². The maximum Gasteiger partial charge on any atom is 0.471 e. The van der Waals surface area contributed by atoms with Crippen LogP contribution in [0.15, 0.2) is 60.7 Å². The lowest BCUT2D eigenvalue weighted by Gasteiger charge is -2.20. The third-order valence-corrected chi connectivity index (χ3v) is 4.29. The zero-order valence-corrected chi connectivity index (χ0v) is 16.8. The molecule has 0 aliphatic rings. The van der Waals surface area contributed by atoms with Crippen molar-refractivity contribution in [3.05, 3.63) is 60.7 Å². The number of nitrogens with zero attached hydrogens (tertiary/aromatic N) is 2. The van der Waals surface area contributed by atoms with E-state index in [1.807, 2.05) is 22.3 Å². The molecule has 0 N–H and O–H groups in total. The third kappa shape index (κ3) is 8.95. The summed E-state index contributed by atoms with van der Waals surface area (Å²) < 4.78 is 10.7. The highest BCUT2D eigenvalue weighted by molar-refractivity contribution is 6.17. The van der Waals surface area contributed by atoms with Gasteiger partial charge in [-0.15, -0.1) is 0 Å². The molecule has 0 bridgehead atoms. The SMILES string of the molecule is CCN(CC)O[Si]ON(CC)CC.c1ccc(-c2ccccc2)cc1. The summed E-state index contributed by atoms with van der Waals surface area (Å²) in [6.07, 6.45) is 0. The minimum Gasteiger partial charge on any atom is -0.304 e. The fourth-order valence-corrected chi connectivity index (χ4v) is 2.85. The van der Waals surface area contributed by atoms with Gasteiger partial charge in [0.15, 0.2) is 0 Å². The summed E-state index contributed by atoms with van der Waals surface area (Å²) in [5, 5.41) is 3.75. The lowest BCUT2D eigenvalue weighted by molar-refractivity contribution is -0.119. The zero-order valence-electron chi connectivity index (χ0n) is 15.8. The maximum atomic E-state index is 5.37. The Morgan fingerprint density at radius 2 is 0.920 bits per heavy atom. The van der Waals surface area contributed by atoms with Crippen molar-refractivity contribution < 1.29 is 9.05 Å². The molecule has 2 radical (unpaired) electrons. The van der Waals surface area contributed by atoms with E-state index >= 15 is 0 Å². The Morgan fingerprint density at radius 3 is 1.20 bits per heavy atom. The van der Waals surface area contributed by atoms with Crippen LogP contribution in [0.25, 0.3) is 11.1 Å². The standard InChI is InChI=1S/C12H10.C8H20N2O2Si/c1-3-7-11(8-4-1)12-9-5-2-6-10-12;1-5-9(6-2)11-13-12-10(7-3)8-4/h1-10H;5-8H2,1-4H3. The van der Waals surface area contributed by atoms with Gasteiger partial charge in [0.05, 0.1) is 0 Å². The summed E-state index contributed by atoms with van der Waals surface area (Å²) in [4.78, 5) is 0. The molecule has 0 unspecified atom stereocenters. The predicted octanol–water partition coefficient (Wildman–Crippen LogP) is 4.42. The van der Waals surface area contributed by atoms with Crippen molar-refractivity contribution in [3.63, 3.8) is 0 Å². The molecule has 0 aliphatic heterocycles. The van der Waals surface area contributed by atoms with Crippen LogP contribution in [-0.2, 0) is 9.05 Å². The smallest absolute Gasteiger partial charge is 0.304 e. The third-order valence-electron chi connectivity index (χ3n) is 3.62. The fraction of sp³-hybridized carbons (Fsp3) is 0.400. The molecule has 136 valence electrons. The maximum absolute atomic E-state index is 5.37. The van der Waals surface area contributed by atoms with Gasteiger partial charge in [-0.1, -0.05) is 88.4 Å². The van der Waals surface area contributed by atoms with Crippen LogP contribution in [0.5, 0.6) is 0 Å². The first-order valence-electron chi connectivity index (χ1n) is 8.94. The van der Waals surface area contributed by atoms with E-state index in [0.717, 1.165) is 26.2 Å². The molecule has 0 spiro atoms. The van der Waals surface area contributed by atoms with E-state index < -0.39 is 0 Å². The van der Waals surface area contributed by atoms with Gasteiger partial charge in [-0.05, 0) is 11.1 Å². The van der Waals surface area contributed by atoms with Crippen molar-refractivity contribution in [2.75, 3.05) is 26.2 Å². The Bertz CT molecular complexity index is 482. The highest BCUT2D eigenvalue weighted by Crippen LogP contribution is 2.17. The molecular formula is C20H30N2O2Si. The molecular weight excluding hydrogens is 328 g/mol. The van der Waals surface area contributed by atoms with E-state index in [4.69, 9.17) is 9.05 Å². The van der Waals surface area contributed by atoms with Gasteiger partial charge in [0.1, 0.15) is 0 Å². The van der Waals surface area contributed by atoms with Crippen LogP contribution in [0.3, 0.4) is 0 Å². The first kappa shape index (κ1) is 21.5. The van der Waals surface area contributed by atoms with Crippen molar-refractivity contribution in [3.8, 4) is 11.1 Å². The lowest BCUT2D eigenvalue weighted by Crippen LogP contribution is -2.31. The molecule has 0 aliphatic carbocycles. The van der Waals surface area contributed by atoms with E-state index in [-0.39, 0.29) is 10.0 Å². The summed E-state index contributed by atoms with van der Waals surface area (Å²) in [5.41, 5.74) is 2.55. The summed E-state index contributed by atoms with van der Waals surface area (Å²) >= 11 is 0. The molecule has 0 heterocycles. The number of hydrogen-bond acceptors (Lipinski definition) is 4. The topological polar surface area (TPSA) is 24.9 Å². The fourth-order valence-electron chi connectivity index (χ4n) is 2.09. The second-order valence-electron chi connectivity index (χ2n) is 5.23. The van der Waals surface area contributed by atoms with Crippen molar-refractivity contribution in [2.45, 2.75) is 27.7 Å². The molecule has 2 rings (SSSR count). The predicted molar refractivity (Wildman–Crippen MR) is 106 cm³/mol. The molecule has 4 nitrogen and oxygen atoms in total. The van der Waals surface area contributed by atoms with E-state index in [2.05, 4.69) is 76.2 Å². The number of rotatable bonds is 9. The monoisotopic (exact) mass is 358 g/mol. The molecule has 0 atom stereocenters. The largest absolute Gasteiger partial charge is 0.471 e. The first-order chi connectivity index (χ1) is 12.2. The van der Waals surface area contributed by atoms with Gasteiger partial charge in [0.2, 0.25) is 0 Å². The minimum atomic E-state index is 0.0720. The molecule has 0 saturated heterocycles. The minimum absolute atomic E-state index is 0.0720. The van der Waals surface area contributed by atoms with Gasteiger partial charge < -0.3 is 9.05 Å². The van der Waals surface area contributed by atoms with Crippen LogP contribution in [0, 0.1) is 0 Å². The Morgan fingerprint density at radius 1 is 0.600 bits per heavy atom. The first-order valence-corrected chi connectivity index (χ1v) is 9.75. The van der Waals surface area contributed by atoms with Crippen LogP contribution in [0.4, 0.5) is 0 Å². The highest BCUT2D eigenvalue weighted by atomic mass is 28.3. The molecule has 5 heteroatoms. The van der Waals surface area contributed by atoms with E-state index in [1.54, 1.807) is 0 Å². The number of hydrogen-bond donors (Lipinski definition) is 0. The van der Waals surface area contributed by atoms with Crippen molar-refractivity contribution in [2.24, 2.45) is 0 Å². The van der Waals surface area contributed by atoms with Crippen LogP contribution < -0.4 is 0 Å². The summed E-state index contributed by atoms with van der Waals surface area (Å²) in [6.45, 7) is 11.8. The number of benzene rings is 2. The second kappa shape index (κ2) is 13.8. The molecule has 2 aromatic rings. The highest BCUT2D eigenvalue weighted by Gasteiger charge is 2.05. The second-order valence-corrected chi connectivity index (χ2v) is 5.76. The lowest BCUT2D eigenvalue weighted by atomic mass is 10.1. The van der Waals surface area contributed by atoms with Crippen LogP contribution >= 0.6 is 0 Å². The van der Waals surface area contributed by atoms with Gasteiger partial charge in [-0.3, -0.25) is 0 Å². The Hall–Kier alpha value is -1.50. The molecule has 0 amide bonds. The van der Waals surface area contributed by atoms with Crippen molar-refractivity contribution >= 4 is 10.0 Å². The van der Waals surface area contributed by atoms with E-state index in [1.165, 1.54) is 11.1 Å². The molecule has 0 aromatic heterocycles. The Kier molecular flexibility index (Phi) is 11.8. The zero-order chi connectivity index (χ0) is 18.3. The molecule has 0 saturated carbocycles. The van der Waals surface area contributed by atoms with Gasteiger partial charge in [-0.2, -0.15) is 10.1 Å². The number of hydroxylamine groups is 4. The molecule has 2 aromatic carbocycles. The van der Waals surface area contributed by atoms with Crippen molar-refractivity contribution in [1.82, 2.24) is 10.1 Å². The van der Waals surface area contributed by atoms with Crippen LogP contribution in [-0.4, -0.2) is 46.3 Å². The summed E-state index contributed by atoms with van der Waals surface area (Å²) in [7, 11) is 0.0720. The molecule has 25 heavy (non-hydrogen) atoms. The molecule has 0 fully saturated rings. The normalized spacial score (nSPS) is 10.6.